The Balaban J connectivity index is 1.50. The van der Waals surface area contributed by atoms with E-state index in [1.165, 1.54) is 11.1 Å². The molecule has 1 aromatic heterocycles. The summed E-state index contributed by atoms with van der Waals surface area (Å²) >= 11 is 0. The molecule has 6 heteroatoms. The van der Waals surface area contributed by atoms with E-state index < -0.39 is 5.97 Å². The zero-order valence-electron chi connectivity index (χ0n) is 14.3. The Morgan fingerprint density at radius 1 is 1.16 bits per heavy atom. The Kier molecular flexibility index (Phi) is 4.03. The van der Waals surface area contributed by atoms with E-state index in [2.05, 4.69) is 39.0 Å². The molecule has 2 unspecified atom stereocenters. The Morgan fingerprint density at radius 3 is 2.52 bits per heavy atom. The molecule has 0 aliphatic carbocycles. The van der Waals surface area contributed by atoms with Crippen LogP contribution in [0.2, 0.25) is 0 Å². The number of hydrogen-bond donors (Lipinski definition) is 1. The highest BCUT2D eigenvalue weighted by molar-refractivity contribution is 5.70. The van der Waals surface area contributed by atoms with Gasteiger partial charge in [-0.05, 0) is 29.5 Å². The molecule has 1 N–H and O–H groups in total. The fraction of sp³-hybridized carbons (Fsp3) is 0.421. The number of fused-ring (bicyclic) bond motifs is 1. The topological polar surface area (TPSA) is 69.6 Å². The van der Waals surface area contributed by atoms with Crippen molar-refractivity contribution >= 4 is 17.7 Å². The number of carboxylic acid groups (broad SMARTS) is 1. The smallest absolute Gasteiger partial charge is 0.306 e. The first-order valence-electron chi connectivity index (χ1n) is 8.74. The molecule has 2 atom stereocenters. The monoisotopic (exact) mass is 338 g/mol. The molecule has 0 saturated carbocycles. The molecule has 6 nitrogen and oxygen atoms in total. The van der Waals surface area contributed by atoms with Crippen LogP contribution >= 0.6 is 0 Å². The average molecular weight is 338 g/mol. The standard InChI is InChI=1S/C19H22N4O2/c1-13-10-22(9-7-16(13)18(24)25)19-20-8-6-17(21-19)23-11-14-4-2-3-5-15(14)12-23/h2-6,8,13,16H,7,9-12H2,1H3,(H,24,25). The second-order valence-corrected chi connectivity index (χ2v) is 7.00. The molecule has 1 saturated heterocycles. The van der Waals surface area contributed by atoms with E-state index >= 15 is 0 Å². The predicted octanol–water partition coefficient (Wildman–Crippen LogP) is 2.54. The van der Waals surface area contributed by atoms with Crippen molar-refractivity contribution in [1.29, 1.82) is 0 Å². The van der Waals surface area contributed by atoms with Crippen molar-refractivity contribution < 1.29 is 9.90 Å². The van der Waals surface area contributed by atoms with Crippen LogP contribution in [0.3, 0.4) is 0 Å². The van der Waals surface area contributed by atoms with Crippen LogP contribution in [-0.4, -0.2) is 34.1 Å². The number of rotatable bonds is 3. The largest absolute Gasteiger partial charge is 0.481 e. The molecule has 0 radical (unpaired) electrons. The number of nitrogens with zero attached hydrogens (tertiary/aromatic N) is 4. The van der Waals surface area contributed by atoms with Gasteiger partial charge in [0.2, 0.25) is 5.95 Å². The van der Waals surface area contributed by atoms with E-state index in [9.17, 15) is 9.90 Å². The fourth-order valence-corrected chi connectivity index (χ4v) is 3.86. The summed E-state index contributed by atoms with van der Waals surface area (Å²) in [5.41, 5.74) is 2.69. The van der Waals surface area contributed by atoms with Gasteiger partial charge in [0.05, 0.1) is 5.92 Å². The van der Waals surface area contributed by atoms with Gasteiger partial charge in [-0.3, -0.25) is 4.79 Å². The van der Waals surface area contributed by atoms with Gasteiger partial charge in [-0.1, -0.05) is 31.2 Å². The van der Waals surface area contributed by atoms with Crippen molar-refractivity contribution in [3.05, 3.63) is 47.7 Å². The Labute approximate surface area is 147 Å². The van der Waals surface area contributed by atoms with Crippen molar-refractivity contribution in [2.75, 3.05) is 22.9 Å². The van der Waals surface area contributed by atoms with Crippen LogP contribution in [-0.2, 0) is 17.9 Å². The van der Waals surface area contributed by atoms with E-state index in [4.69, 9.17) is 4.98 Å². The van der Waals surface area contributed by atoms with Crippen LogP contribution in [0.5, 0.6) is 0 Å². The molecule has 0 amide bonds. The summed E-state index contributed by atoms with van der Waals surface area (Å²) in [6.45, 7) is 5.09. The maximum absolute atomic E-state index is 11.3. The number of aromatic nitrogens is 2. The lowest BCUT2D eigenvalue weighted by atomic mass is 9.87. The van der Waals surface area contributed by atoms with Crippen LogP contribution in [0.15, 0.2) is 36.5 Å². The maximum atomic E-state index is 11.3. The van der Waals surface area contributed by atoms with Gasteiger partial charge in [0.25, 0.3) is 0 Å². The van der Waals surface area contributed by atoms with Crippen LogP contribution in [0.4, 0.5) is 11.8 Å². The summed E-state index contributed by atoms with van der Waals surface area (Å²) in [6, 6.07) is 10.4. The van der Waals surface area contributed by atoms with Gasteiger partial charge in [0, 0.05) is 32.4 Å². The first-order valence-corrected chi connectivity index (χ1v) is 8.74. The summed E-state index contributed by atoms with van der Waals surface area (Å²) in [4.78, 5) is 24.8. The Hall–Kier alpha value is -2.63. The summed E-state index contributed by atoms with van der Waals surface area (Å²) in [6.07, 6.45) is 2.44. The molecular formula is C19H22N4O2. The molecule has 1 fully saturated rings. The van der Waals surface area contributed by atoms with Crippen molar-refractivity contribution in [2.45, 2.75) is 26.4 Å². The molecule has 0 spiro atoms. The Bertz CT molecular complexity index is 769. The summed E-state index contributed by atoms with van der Waals surface area (Å²) < 4.78 is 0. The van der Waals surface area contributed by atoms with Gasteiger partial charge < -0.3 is 14.9 Å². The number of hydrogen-bond acceptors (Lipinski definition) is 5. The van der Waals surface area contributed by atoms with Crippen LogP contribution in [0.1, 0.15) is 24.5 Å². The number of carboxylic acids is 1. The number of aliphatic carboxylic acids is 1. The molecule has 2 aromatic rings. The van der Waals surface area contributed by atoms with E-state index in [0.717, 1.165) is 18.9 Å². The van der Waals surface area contributed by atoms with E-state index in [1.807, 2.05) is 13.0 Å². The molecule has 3 heterocycles. The average Bonchev–Trinajstić information content (AvgIpc) is 3.05. The second kappa shape index (κ2) is 6.35. The normalized spacial score (nSPS) is 22.8. The van der Waals surface area contributed by atoms with Gasteiger partial charge in [-0.25, -0.2) is 4.98 Å². The first kappa shape index (κ1) is 15.9. The third-order valence-corrected chi connectivity index (χ3v) is 5.30. The maximum Gasteiger partial charge on any atom is 0.306 e. The van der Waals surface area contributed by atoms with E-state index in [0.29, 0.717) is 25.5 Å². The van der Waals surface area contributed by atoms with E-state index in [-0.39, 0.29) is 11.8 Å². The SMILES string of the molecule is CC1CN(c2nccc(N3Cc4ccccc4C3)n2)CCC1C(=O)O. The lowest BCUT2D eigenvalue weighted by molar-refractivity contribution is -0.144. The highest BCUT2D eigenvalue weighted by Gasteiger charge is 2.32. The molecule has 0 bridgehead atoms. The number of carbonyl (C=O) groups is 1. The zero-order chi connectivity index (χ0) is 17.4. The van der Waals surface area contributed by atoms with Crippen molar-refractivity contribution in [2.24, 2.45) is 11.8 Å². The summed E-state index contributed by atoms with van der Waals surface area (Å²) in [5.74, 6) is 0.747. The predicted molar refractivity (Wildman–Crippen MR) is 95.5 cm³/mol. The fourth-order valence-electron chi connectivity index (χ4n) is 3.86. The number of anilines is 2. The van der Waals surface area contributed by atoms with Gasteiger partial charge in [-0.2, -0.15) is 4.98 Å². The highest BCUT2D eigenvalue weighted by Crippen LogP contribution is 2.29. The minimum absolute atomic E-state index is 0.0922. The third kappa shape index (κ3) is 3.04. The lowest BCUT2D eigenvalue weighted by Gasteiger charge is -2.35. The van der Waals surface area contributed by atoms with Crippen molar-refractivity contribution in [1.82, 2.24) is 9.97 Å². The van der Waals surface area contributed by atoms with Crippen LogP contribution in [0, 0.1) is 11.8 Å². The third-order valence-electron chi connectivity index (χ3n) is 5.30. The molecule has 25 heavy (non-hydrogen) atoms. The van der Waals surface area contributed by atoms with Gasteiger partial charge in [0.1, 0.15) is 5.82 Å². The zero-order valence-corrected chi connectivity index (χ0v) is 14.3. The summed E-state index contributed by atoms with van der Waals surface area (Å²) in [7, 11) is 0. The highest BCUT2D eigenvalue weighted by atomic mass is 16.4. The minimum atomic E-state index is -0.698. The van der Waals surface area contributed by atoms with Crippen molar-refractivity contribution in [3.63, 3.8) is 0 Å². The van der Waals surface area contributed by atoms with Crippen molar-refractivity contribution in [3.8, 4) is 0 Å². The lowest BCUT2D eigenvalue weighted by Crippen LogP contribution is -2.43. The first-order chi connectivity index (χ1) is 12.1. The number of piperidine rings is 1. The van der Waals surface area contributed by atoms with E-state index in [1.54, 1.807) is 6.20 Å². The Morgan fingerprint density at radius 2 is 1.88 bits per heavy atom. The molecule has 1 aromatic carbocycles. The van der Waals surface area contributed by atoms with Gasteiger partial charge in [0.15, 0.2) is 0 Å². The minimum Gasteiger partial charge on any atom is -0.481 e. The van der Waals surface area contributed by atoms with Crippen LogP contribution in [0.25, 0.3) is 0 Å². The molecule has 2 aliphatic rings. The summed E-state index contributed by atoms with van der Waals surface area (Å²) in [5, 5.41) is 9.28. The van der Waals surface area contributed by atoms with Gasteiger partial charge >= 0.3 is 5.97 Å². The molecule has 4 rings (SSSR count). The molecule has 2 aliphatic heterocycles. The van der Waals surface area contributed by atoms with Crippen LogP contribution < -0.4 is 9.80 Å². The van der Waals surface area contributed by atoms with Gasteiger partial charge in [-0.15, -0.1) is 0 Å². The molecular weight excluding hydrogens is 316 g/mol. The molecule has 130 valence electrons. The second-order valence-electron chi connectivity index (χ2n) is 7.00. The quantitative estimate of drug-likeness (QED) is 0.927. The number of benzene rings is 1.